The maximum Gasteiger partial charge on any atom is 0.272 e. The minimum Gasteiger partial charge on any atom is -0.508 e. The fourth-order valence-electron chi connectivity index (χ4n) is 5.56. The molecule has 0 unspecified atom stereocenters. The molecule has 4 aromatic carbocycles. The first kappa shape index (κ1) is 35.1. The molecular formula is C36H37Cl3N2O6. The van der Waals surface area contributed by atoms with Gasteiger partial charge in [-0.15, -0.1) is 0 Å². The van der Waals surface area contributed by atoms with E-state index < -0.39 is 22.1 Å². The molecule has 11 heteroatoms. The van der Waals surface area contributed by atoms with Gasteiger partial charge in [-0.05, 0) is 58.6 Å². The number of aliphatic hydroxyl groups is 2. The Hall–Kier alpha value is -3.18. The van der Waals surface area contributed by atoms with Crippen LogP contribution >= 0.6 is 34.8 Å². The van der Waals surface area contributed by atoms with E-state index in [9.17, 15) is 20.1 Å². The number of nitrogens with one attached hydrogen (secondary N) is 1. The van der Waals surface area contributed by atoms with Crippen LogP contribution in [0, 0.1) is 0 Å². The number of carbonyl (C=O) groups is 1. The van der Waals surface area contributed by atoms with E-state index in [0.717, 1.165) is 33.4 Å². The van der Waals surface area contributed by atoms with Crippen molar-refractivity contribution in [2.45, 2.75) is 48.0 Å². The molecule has 0 radical (unpaired) electrons. The Morgan fingerprint density at radius 3 is 2.30 bits per heavy atom. The van der Waals surface area contributed by atoms with Crippen molar-refractivity contribution in [3.05, 3.63) is 125 Å². The summed E-state index contributed by atoms with van der Waals surface area (Å²) in [5.74, 6) is -0.580. The maximum absolute atomic E-state index is 12.0. The quantitative estimate of drug-likeness (QED) is 0.128. The number of halogens is 3. The summed E-state index contributed by atoms with van der Waals surface area (Å²) in [5, 5.41) is 32.8. The molecule has 4 aromatic rings. The van der Waals surface area contributed by atoms with Gasteiger partial charge < -0.3 is 35.0 Å². The summed E-state index contributed by atoms with van der Waals surface area (Å²) in [7, 11) is 1.93. The van der Waals surface area contributed by atoms with Crippen LogP contribution in [-0.4, -0.2) is 56.2 Å². The Balaban J connectivity index is 1.30. The average molecular weight is 700 g/mol. The third-order valence-corrected chi connectivity index (χ3v) is 8.54. The van der Waals surface area contributed by atoms with Gasteiger partial charge in [-0.3, -0.25) is 4.79 Å². The van der Waals surface area contributed by atoms with Crippen molar-refractivity contribution < 1.29 is 29.6 Å². The molecular weight excluding hydrogens is 663 g/mol. The molecule has 1 fully saturated rings. The van der Waals surface area contributed by atoms with Gasteiger partial charge >= 0.3 is 0 Å². The molecule has 1 amide bonds. The van der Waals surface area contributed by atoms with Crippen LogP contribution in [0.3, 0.4) is 0 Å². The van der Waals surface area contributed by atoms with Gasteiger partial charge in [-0.2, -0.15) is 0 Å². The average Bonchev–Trinajstić information content (AvgIpc) is 3.06. The number of rotatable bonds is 11. The summed E-state index contributed by atoms with van der Waals surface area (Å²) in [6, 6.07) is 30.0. The van der Waals surface area contributed by atoms with Crippen LogP contribution < -0.4 is 5.32 Å². The molecule has 8 nitrogen and oxygen atoms in total. The zero-order chi connectivity index (χ0) is 33.6. The number of likely N-dealkylation sites (N-methyl/N-ethyl adjacent to an activating group) is 1. The van der Waals surface area contributed by atoms with Crippen LogP contribution in [0.5, 0.6) is 5.75 Å². The summed E-state index contributed by atoms with van der Waals surface area (Å²) in [4.78, 5) is 14.0. The summed E-state index contributed by atoms with van der Waals surface area (Å²) in [5.41, 5.74) is 6.07. The lowest BCUT2D eigenvalue weighted by molar-refractivity contribution is -0.252. The van der Waals surface area contributed by atoms with Crippen molar-refractivity contribution in [1.29, 1.82) is 0 Å². The molecule has 0 aromatic heterocycles. The number of hydrogen-bond acceptors (Lipinski definition) is 7. The first-order valence-electron chi connectivity index (χ1n) is 15.2. The van der Waals surface area contributed by atoms with Crippen molar-refractivity contribution in [3.8, 4) is 16.9 Å². The number of phenols is 1. The number of phenolic OH excluding ortho intramolecular Hbond substituents is 1. The Morgan fingerprint density at radius 2 is 1.62 bits per heavy atom. The van der Waals surface area contributed by atoms with Crippen LogP contribution in [-0.2, 0) is 27.4 Å². The summed E-state index contributed by atoms with van der Waals surface area (Å²) >= 11 is 17.0. The summed E-state index contributed by atoms with van der Waals surface area (Å²) in [6.45, 7) is 1.07. The smallest absolute Gasteiger partial charge is 0.272 e. The Bertz CT molecular complexity index is 1630. The van der Waals surface area contributed by atoms with E-state index in [-0.39, 0.29) is 31.1 Å². The number of aliphatic hydroxyl groups excluding tert-OH is 2. The normalized spacial score (nSPS) is 19.0. The molecule has 1 aliphatic heterocycles. The molecule has 0 saturated carbocycles. The van der Waals surface area contributed by atoms with Gasteiger partial charge in [0.05, 0.1) is 24.9 Å². The van der Waals surface area contributed by atoms with Gasteiger partial charge in [-0.1, -0.05) is 114 Å². The summed E-state index contributed by atoms with van der Waals surface area (Å²) in [6.07, 6.45) is -1.28. The molecule has 5 rings (SSSR count). The number of hydrogen-bond donors (Lipinski definition) is 4. The van der Waals surface area contributed by atoms with Crippen LogP contribution in [0.1, 0.15) is 52.7 Å². The second-order valence-corrected chi connectivity index (χ2v) is 14.0. The molecule has 4 N–H and O–H groups in total. The number of ether oxygens (including phenoxy) is 2. The van der Waals surface area contributed by atoms with E-state index in [2.05, 4.69) is 5.32 Å². The maximum atomic E-state index is 12.0. The second-order valence-electron chi connectivity index (χ2n) is 11.7. The van der Waals surface area contributed by atoms with E-state index in [1.54, 1.807) is 24.3 Å². The number of benzene rings is 4. The predicted molar refractivity (Wildman–Crippen MR) is 183 cm³/mol. The lowest BCUT2D eigenvalue weighted by Crippen LogP contribution is -2.39. The predicted octanol–water partition coefficient (Wildman–Crippen LogP) is 6.75. The zero-order valence-corrected chi connectivity index (χ0v) is 28.0. The SMILES string of the molecule is CN(C[C@@H]1C[C@H](c2ccc(CO)cc2)O[C@H](c2ccc(-c3cccc(CNC(=O)C(Cl)(Cl)Cl)c3)cc2)O1)C[C@@H](O)c1cccc(O)c1. The topological polar surface area (TPSA) is 111 Å². The van der Waals surface area contributed by atoms with Crippen molar-refractivity contribution in [3.63, 3.8) is 0 Å². The second kappa shape index (κ2) is 15.8. The Labute approximate surface area is 289 Å². The molecule has 1 heterocycles. The zero-order valence-electron chi connectivity index (χ0n) is 25.7. The highest BCUT2D eigenvalue weighted by molar-refractivity contribution is 6.76. The highest BCUT2D eigenvalue weighted by atomic mass is 35.6. The van der Waals surface area contributed by atoms with Gasteiger partial charge in [-0.25, -0.2) is 0 Å². The lowest BCUT2D eigenvalue weighted by atomic mass is 9.99. The van der Waals surface area contributed by atoms with Gasteiger partial charge in [0.1, 0.15) is 5.75 Å². The standard InChI is InChI=1S/C36H37Cl3N2O6/c1-41(21-32(44)29-6-3-7-30(43)17-29)20-31-18-33(26-10-8-23(22-42)9-11-26)47-34(46-31)27-14-12-25(13-15-27)28-5-2-4-24(16-28)19-40-35(45)36(37,38)39/h2-17,31-34,42-44H,18-22H2,1H3,(H,40,45)/t31-,32+,33+,34+/m0/s1. The minimum atomic E-state index is -2.03. The summed E-state index contributed by atoms with van der Waals surface area (Å²) < 4.78 is 11.0. The van der Waals surface area contributed by atoms with E-state index in [0.29, 0.717) is 25.1 Å². The van der Waals surface area contributed by atoms with Gasteiger partial charge in [0, 0.05) is 31.6 Å². The van der Waals surface area contributed by atoms with Crippen LogP contribution in [0.4, 0.5) is 0 Å². The Morgan fingerprint density at radius 1 is 0.915 bits per heavy atom. The molecule has 4 atom stereocenters. The third-order valence-electron chi connectivity index (χ3n) is 8.02. The fraction of sp³-hybridized carbons (Fsp3) is 0.306. The monoisotopic (exact) mass is 698 g/mol. The lowest BCUT2D eigenvalue weighted by Gasteiger charge is -2.38. The first-order chi connectivity index (χ1) is 22.5. The van der Waals surface area contributed by atoms with Crippen molar-refractivity contribution >= 4 is 40.7 Å². The highest BCUT2D eigenvalue weighted by Gasteiger charge is 2.33. The van der Waals surface area contributed by atoms with E-state index in [1.807, 2.05) is 84.7 Å². The highest BCUT2D eigenvalue weighted by Crippen LogP contribution is 2.39. The van der Waals surface area contributed by atoms with Crippen molar-refractivity contribution in [2.24, 2.45) is 0 Å². The van der Waals surface area contributed by atoms with E-state index in [1.165, 1.54) is 0 Å². The number of aromatic hydroxyl groups is 1. The van der Waals surface area contributed by atoms with Gasteiger partial charge in [0.15, 0.2) is 6.29 Å². The molecule has 1 aliphatic rings. The first-order valence-corrected chi connectivity index (χ1v) is 16.3. The minimum absolute atomic E-state index is 0.0364. The molecule has 0 bridgehead atoms. The number of alkyl halides is 3. The van der Waals surface area contributed by atoms with Crippen molar-refractivity contribution in [2.75, 3.05) is 20.1 Å². The Kier molecular flexibility index (Phi) is 11.8. The molecule has 0 aliphatic carbocycles. The third kappa shape index (κ3) is 9.69. The molecule has 1 saturated heterocycles. The van der Waals surface area contributed by atoms with E-state index in [4.69, 9.17) is 44.3 Å². The molecule has 47 heavy (non-hydrogen) atoms. The fourth-order valence-corrected chi connectivity index (χ4v) is 5.76. The van der Waals surface area contributed by atoms with Gasteiger partial charge in [0.2, 0.25) is 0 Å². The van der Waals surface area contributed by atoms with Crippen molar-refractivity contribution in [1.82, 2.24) is 10.2 Å². The molecule has 248 valence electrons. The largest absolute Gasteiger partial charge is 0.508 e. The van der Waals surface area contributed by atoms with E-state index >= 15 is 0 Å². The van der Waals surface area contributed by atoms with Crippen LogP contribution in [0.15, 0.2) is 97.1 Å². The number of amides is 1. The van der Waals surface area contributed by atoms with Gasteiger partial charge in [0.25, 0.3) is 9.70 Å². The molecule has 0 spiro atoms. The van der Waals surface area contributed by atoms with Crippen LogP contribution in [0.2, 0.25) is 0 Å². The number of carbonyl (C=O) groups excluding carboxylic acids is 1. The number of nitrogens with zero attached hydrogens (tertiary/aromatic N) is 1. The van der Waals surface area contributed by atoms with Crippen LogP contribution in [0.25, 0.3) is 11.1 Å².